The number of benzene rings is 1. The van der Waals surface area contributed by atoms with E-state index in [0.29, 0.717) is 13.1 Å². The Morgan fingerprint density at radius 1 is 1.33 bits per heavy atom. The zero-order valence-corrected chi connectivity index (χ0v) is 13.7. The van der Waals surface area contributed by atoms with Crippen molar-refractivity contribution in [2.24, 2.45) is 0 Å². The number of carbonyl (C=O) groups is 1. The number of hydrogen-bond acceptors (Lipinski definition) is 3. The highest BCUT2D eigenvalue weighted by Crippen LogP contribution is 2.24. The lowest BCUT2D eigenvalue weighted by atomic mass is 9.96. The van der Waals surface area contributed by atoms with E-state index in [0.717, 1.165) is 6.54 Å². The Morgan fingerprint density at radius 2 is 2.05 bits per heavy atom. The molecule has 21 heavy (non-hydrogen) atoms. The van der Waals surface area contributed by atoms with Crippen LogP contribution in [0.3, 0.4) is 0 Å². The van der Waals surface area contributed by atoms with E-state index in [4.69, 9.17) is 4.74 Å². The van der Waals surface area contributed by atoms with Crippen molar-refractivity contribution in [1.29, 1.82) is 0 Å². The molecule has 0 bridgehead atoms. The summed E-state index contributed by atoms with van der Waals surface area (Å²) in [7, 11) is 0. The number of piperazine rings is 1. The van der Waals surface area contributed by atoms with Crippen LogP contribution in [-0.2, 0) is 4.74 Å². The smallest absolute Gasteiger partial charge is 0.410 e. The third-order valence-electron chi connectivity index (χ3n) is 3.85. The average Bonchev–Trinajstić information content (AvgIpc) is 2.40. The SMILES string of the molecule is Cc1cccc(C2CN(C(=O)OC(C)(C)C)CCN2)c1C. The van der Waals surface area contributed by atoms with E-state index in [1.807, 2.05) is 20.8 Å². The van der Waals surface area contributed by atoms with Gasteiger partial charge in [-0.15, -0.1) is 0 Å². The molecule has 1 amide bonds. The van der Waals surface area contributed by atoms with E-state index in [1.54, 1.807) is 4.90 Å². The third-order valence-corrected chi connectivity index (χ3v) is 3.85. The van der Waals surface area contributed by atoms with E-state index >= 15 is 0 Å². The van der Waals surface area contributed by atoms with E-state index in [-0.39, 0.29) is 12.1 Å². The van der Waals surface area contributed by atoms with Crippen LogP contribution in [0.1, 0.15) is 43.5 Å². The van der Waals surface area contributed by atoms with Gasteiger partial charge in [-0.2, -0.15) is 0 Å². The predicted molar refractivity (Wildman–Crippen MR) is 84.5 cm³/mol. The van der Waals surface area contributed by atoms with Gasteiger partial charge in [0.05, 0.1) is 6.04 Å². The third kappa shape index (κ3) is 3.97. The van der Waals surface area contributed by atoms with Gasteiger partial charge < -0.3 is 15.0 Å². The number of nitrogens with zero attached hydrogens (tertiary/aromatic N) is 1. The summed E-state index contributed by atoms with van der Waals surface area (Å²) >= 11 is 0. The van der Waals surface area contributed by atoms with Crippen molar-refractivity contribution in [3.05, 3.63) is 34.9 Å². The van der Waals surface area contributed by atoms with Crippen LogP contribution in [0.4, 0.5) is 4.79 Å². The van der Waals surface area contributed by atoms with E-state index in [1.165, 1.54) is 16.7 Å². The molecule has 0 aromatic heterocycles. The molecule has 116 valence electrons. The fourth-order valence-corrected chi connectivity index (χ4v) is 2.60. The molecule has 1 heterocycles. The molecule has 1 aliphatic rings. The molecule has 1 aliphatic heterocycles. The van der Waals surface area contributed by atoms with E-state index < -0.39 is 5.60 Å². The highest BCUT2D eigenvalue weighted by atomic mass is 16.6. The number of rotatable bonds is 1. The minimum absolute atomic E-state index is 0.172. The second-order valence-electron chi connectivity index (χ2n) is 6.72. The summed E-state index contributed by atoms with van der Waals surface area (Å²) in [5.74, 6) is 0. The van der Waals surface area contributed by atoms with Crippen LogP contribution in [0, 0.1) is 13.8 Å². The summed E-state index contributed by atoms with van der Waals surface area (Å²) in [5, 5.41) is 3.50. The van der Waals surface area contributed by atoms with Gasteiger partial charge in [-0.3, -0.25) is 0 Å². The van der Waals surface area contributed by atoms with Gasteiger partial charge in [0.25, 0.3) is 0 Å². The summed E-state index contributed by atoms with van der Waals surface area (Å²) in [6.45, 7) is 12.1. The molecular weight excluding hydrogens is 264 g/mol. The van der Waals surface area contributed by atoms with Crippen molar-refractivity contribution in [3.8, 4) is 0 Å². The number of hydrogen-bond donors (Lipinski definition) is 1. The number of nitrogens with one attached hydrogen (secondary N) is 1. The second kappa shape index (κ2) is 6.06. The maximum Gasteiger partial charge on any atom is 0.410 e. The predicted octanol–water partition coefficient (Wildman–Crippen LogP) is 3.18. The number of ether oxygens (including phenoxy) is 1. The Morgan fingerprint density at radius 3 is 2.71 bits per heavy atom. The zero-order chi connectivity index (χ0) is 15.6. The Hall–Kier alpha value is -1.55. The monoisotopic (exact) mass is 290 g/mol. The van der Waals surface area contributed by atoms with Gasteiger partial charge in [-0.1, -0.05) is 18.2 Å². The molecule has 0 radical (unpaired) electrons. The van der Waals surface area contributed by atoms with Crippen LogP contribution in [0.5, 0.6) is 0 Å². The lowest BCUT2D eigenvalue weighted by Crippen LogP contribution is -2.49. The van der Waals surface area contributed by atoms with Crippen molar-refractivity contribution in [3.63, 3.8) is 0 Å². The van der Waals surface area contributed by atoms with Crippen molar-refractivity contribution in [2.45, 2.75) is 46.3 Å². The molecule has 4 heteroatoms. The molecule has 4 nitrogen and oxygen atoms in total. The first-order chi connectivity index (χ1) is 9.78. The normalized spacial score (nSPS) is 19.5. The molecule has 0 aliphatic carbocycles. The first-order valence-electron chi connectivity index (χ1n) is 7.55. The van der Waals surface area contributed by atoms with Gasteiger partial charge in [0.15, 0.2) is 0 Å². The first-order valence-corrected chi connectivity index (χ1v) is 7.55. The maximum absolute atomic E-state index is 12.2. The lowest BCUT2D eigenvalue weighted by molar-refractivity contribution is 0.0195. The molecule has 2 rings (SSSR count). The fourth-order valence-electron chi connectivity index (χ4n) is 2.60. The Kier molecular flexibility index (Phi) is 4.57. The summed E-state index contributed by atoms with van der Waals surface area (Å²) in [6.07, 6.45) is -0.223. The molecule has 1 aromatic carbocycles. The van der Waals surface area contributed by atoms with Crippen molar-refractivity contribution in [1.82, 2.24) is 10.2 Å². The molecule has 1 atom stereocenters. The van der Waals surface area contributed by atoms with Gasteiger partial charge in [0.2, 0.25) is 0 Å². The Balaban J connectivity index is 2.10. The molecule has 1 N–H and O–H groups in total. The maximum atomic E-state index is 12.2. The fraction of sp³-hybridized carbons (Fsp3) is 0.588. The average molecular weight is 290 g/mol. The standard InChI is InChI=1S/C17H26N2O2/c1-12-7-6-8-14(13(12)2)15-11-19(10-9-18-15)16(20)21-17(3,4)5/h6-8,15,18H,9-11H2,1-5H3. The molecule has 0 saturated carbocycles. The van der Waals surface area contributed by atoms with Crippen molar-refractivity contribution < 1.29 is 9.53 Å². The van der Waals surface area contributed by atoms with Crippen molar-refractivity contribution in [2.75, 3.05) is 19.6 Å². The van der Waals surface area contributed by atoms with E-state index in [9.17, 15) is 4.79 Å². The van der Waals surface area contributed by atoms with E-state index in [2.05, 4.69) is 37.4 Å². The van der Waals surface area contributed by atoms with Crippen molar-refractivity contribution >= 4 is 6.09 Å². The van der Waals surface area contributed by atoms with Crippen LogP contribution in [0.2, 0.25) is 0 Å². The molecule has 1 saturated heterocycles. The Labute approximate surface area is 127 Å². The van der Waals surface area contributed by atoms with Crippen LogP contribution in [-0.4, -0.2) is 36.2 Å². The largest absolute Gasteiger partial charge is 0.444 e. The molecule has 1 unspecified atom stereocenters. The minimum atomic E-state index is -0.448. The van der Waals surface area contributed by atoms with Gasteiger partial charge >= 0.3 is 6.09 Å². The summed E-state index contributed by atoms with van der Waals surface area (Å²) < 4.78 is 5.47. The lowest BCUT2D eigenvalue weighted by Gasteiger charge is -2.35. The minimum Gasteiger partial charge on any atom is -0.444 e. The number of carbonyl (C=O) groups excluding carboxylic acids is 1. The topological polar surface area (TPSA) is 41.6 Å². The second-order valence-corrected chi connectivity index (χ2v) is 6.72. The summed E-state index contributed by atoms with van der Waals surface area (Å²) in [6, 6.07) is 6.50. The molecular formula is C17H26N2O2. The Bertz CT molecular complexity index is 520. The summed E-state index contributed by atoms with van der Waals surface area (Å²) in [5.41, 5.74) is 3.39. The van der Waals surface area contributed by atoms with Crippen LogP contribution in [0.15, 0.2) is 18.2 Å². The molecule has 0 spiro atoms. The first kappa shape index (κ1) is 15.8. The van der Waals surface area contributed by atoms with Crippen LogP contribution >= 0.6 is 0 Å². The number of aryl methyl sites for hydroxylation is 1. The van der Waals surface area contributed by atoms with Gasteiger partial charge in [-0.25, -0.2) is 4.79 Å². The molecule has 1 fully saturated rings. The van der Waals surface area contributed by atoms with Crippen LogP contribution in [0.25, 0.3) is 0 Å². The van der Waals surface area contributed by atoms with Gasteiger partial charge in [-0.05, 0) is 51.3 Å². The number of amides is 1. The molecule has 1 aromatic rings. The van der Waals surface area contributed by atoms with Gasteiger partial charge in [0, 0.05) is 19.6 Å². The van der Waals surface area contributed by atoms with Gasteiger partial charge in [0.1, 0.15) is 5.60 Å². The summed E-state index contributed by atoms with van der Waals surface area (Å²) in [4.78, 5) is 14.0. The van der Waals surface area contributed by atoms with Crippen LogP contribution < -0.4 is 5.32 Å². The highest BCUT2D eigenvalue weighted by Gasteiger charge is 2.28. The highest BCUT2D eigenvalue weighted by molar-refractivity contribution is 5.68. The quantitative estimate of drug-likeness (QED) is 0.863. The zero-order valence-electron chi connectivity index (χ0n) is 13.7.